The fourth-order valence-corrected chi connectivity index (χ4v) is 2.54. The maximum atomic E-state index is 5.45. The zero-order valence-electron chi connectivity index (χ0n) is 8.99. The van der Waals surface area contributed by atoms with Crippen LogP contribution in [-0.4, -0.2) is 36.2 Å². The molecule has 1 saturated heterocycles. The summed E-state index contributed by atoms with van der Waals surface area (Å²) in [6.07, 6.45) is 0.842. The van der Waals surface area contributed by atoms with Gasteiger partial charge in [0.1, 0.15) is 0 Å². The molecule has 1 aliphatic rings. The molecule has 2 nitrogen and oxygen atoms in total. The highest BCUT2D eigenvalue weighted by molar-refractivity contribution is 9.10. The standard InChI is InChI=1S/C12H14BrNOS/c13-11-3-1-2-10(8-11)9-12(16)14-4-6-15-7-5-14/h1-3,8H,4-7,9H2. The van der Waals surface area contributed by atoms with E-state index in [9.17, 15) is 0 Å². The van der Waals surface area contributed by atoms with E-state index >= 15 is 0 Å². The summed E-state index contributed by atoms with van der Waals surface area (Å²) >= 11 is 8.93. The lowest BCUT2D eigenvalue weighted by atomic mass is 10.1. The van der Waals surface area contributed by atoms with Crippen molar-refractivity contribution in [3.8, 4) is 0 Å². The topological polar surface area (TPSA) is 12.5 Å². The minimum absolute atomic E-state index is 0.790. The number of benzene rings is 1. The van der Waals surface area contributed by atoms with E-state index in [2.05, 4.69) is 33.0 Å². The van der Waals surface area contributed by atoms with E-state index in [-0.39, 0.29) is 0 Å². The van der Waals surface area contributed by atoms with Crippen LogP contribution in [0.15, 0.2) is 28.7 Å². The third-order valence-electron chi connectivity index (χ3n) is 2.61. The molecule has 1 fully saturated rings. The number of morpholine rings is 1. The Morgan fingerprint density at radius 2 is 2.12 bits per heavy atom. The molecule has 1 heterocycles. The average Bonchev–Trinajstić information content (AvgIpc) is 2.30. The van der Waals surface area contributed by atoms with Crippen LogP contribution in [0.3, 0.4) is 0 Å². The van der Waals surface area contributed by atoms with Gasteiger partial charge < -0.3 is 9.64 Å². The molecule has 0 aromatic heterocycles. The first-order valence-electron chi connectivity index (χ1n) is 5.35. The molecule has 0 N–H and O–H groups in total. The second kappa shape index (κ2) is 5.75. The molecule has 1 aromatic carbocycles. The van der Waals surface area contributed by atoms with Crippen LogP contribution in [0, 0.1) is 0 Å². The maximum Gasteiger partial charge on any atom is 0.0825 e. The first-order valence-corrected chi connectivity index (χ1v) is 6.56. The highest BCUT2D eigenvalue weighted by Gasteiger charge is 2.13. The van der Waals surface area contributed by atoms with Crippen LogP contribution in [0.4, 0.5) is 0 Å². The van der Waals surface area contributed by atoms with Gasteiger partial charge in [-0.1, -0.05) is 40.3 Å². The second-order valence-electron chi connectivity index (χ2n) is 3.80. The molecule has 1 aromatic rings. The molecule has 0 spiro atoms. The molecular weight excluding hydrogens is 286 g/mol. The van der Waals surface area contributed by atoms with Gasteiger partial charge in [-0.15, -0.1) is 0 Å². The predicted octanol–water partition coefficient (Wildman–Crippen LogP) is 2.65. The van der Waals surface area contributed by atoms with Crippen molar-refractivity contribution >= 4 is 33.1 Å². The first-order chi connectivity index (χ1) is 7.75. The molecule has 0 aliphatic carbocycles. The van der Waals surface area contributed by atoms with Gasteiger partial charge >= 0.3 is 0 Å². The van der Waals surface area contributed by atoms with Crippen molar-refractivity contribution < 1.29 is 4.74 Å². The molecule has 0 bridgehead atoms. The number of halogens is 1. The Morgan fingerprint density at radius 1 is 1.38 bits per heavy atom. The van der Waals surface area contributed by atoms with Crippen molar-refractivity contribution in [2.75, 3.05) is 26.3 Å². The number of hydrogen-bond donors (Lipinski definition) is 0. The van der Waals surface area contributed by atoms with Crippen LogP contribution in [0.2, 0.25) is 0 Å². The minimum Gasteiger partial charge on any atom is -0.378 e. The smallest absolute Gasteiger partial charge is 0.0825 e. The summed E-state index contributed by atoms with van der Waals surface area (Å²) in [6.45, 7) is 3.43. The summed E-state index contributed by atoms with van der Waals surface area (Å²) in [4.78, 5) is 3.25. The fourth-order valence-electron chi connectivity index (χ4n) is 1.75. The van der Waals surface area contributed by atoms with Gasteiger partial charge in [-0.2, -0.15) is 0 Å². The molecule has 0 radical (unpaired) electrons. The van der Waals surface area contributed by atoms with Gasteiger partial charge in [0.25, 0.3) is 0 Å². The number of rotatable bonds is 2. The first kappa shape index (κ1) is 12.0. The Balaban J connectivity index is 1.96. The molecule has 0 amide bonds. The number of hydrogen-bond acceptors (Lipinski definition) is 2. The van der Waals surface area contributed by atoms with E-state index in [1.54, 1.807) is 0 Å². The molecule has 0 atom stereocenters. The Hall–Kier alpha value is -0.450. The zero-order valence-corrected chi connectivity index (χ0v) is 11.4. The summed E-state index contributed by atoms with van der Waals surface area (Å²) in [5, 5.41) is 0. The Bertz CT molecular complexity index is 377. The van der Waals surface area contributed by atoms with Gasteiger partial charge in [-0.25, -0.2) is 0 Å². The van der Waals surface area contributed by atoms with Crippen LogP contribution in [0.25, 0.3) is 0 Å². The predicted molar refractivity (Wildman–Crippen MR) is 72.8 cm³/mol. The highest BCUT2D eigenvalue weighted by Crippen LogP contribution is 2.13. The monoisotopic (exact) mass is 299 g/mol. The lowest BCUT2D eigenvalue weighted by Gasteiger charge is -2.29. The molecule has 4 heteroatoms. The van der Waals surface area contributed by atoms with Gasteiger partial charge in [0.05, 0.1) is 18.2 Å². The molecule has 16 heavy (non-hydrogen) atoms. The largest absolute Gasteiger partial charge is 0.378 e. The van der Waals surface area contributed by atoms with E-state index < -0.39 is 0 Å². The quantitative estimate of drug-likeness (QED) is 0.779. The number of ether oxygens (including phenoxy) is 1. The Labute approximate surface area is 110 Å². The summed E-state index contributed by atoms with van der Waals surface area (Å²) in [5.74, 6) is 0. The summed E-state index contributed by atoms with van der Waals surface area (Å²) in [6, 6.07) is 8.30. The molecule has 86 valence electrons. The minimum atomic E-state index is 0.790. The van der Waals surface area contributed by atoms with Crippen LogP contribution < -0.4 is 0 Å². The van der Waals surface area contributed by atoms with Crippen molar-refractivity contribution in [2.24, 2.45) is 0 Å². The van der Waals surface area contributed by atoms with Crippen LogP contribution >= 0.6 is 28.1 Å². The summed E-state index contributed by atoms with van der Waals surface area (Å²) in [7, 11) is 0. The van der Waals surface area contributed by atoms with Crippen molar-refractivity contribution in [3.63, 3.8) is 0 Å². The van der Waals surface area contributed by atoms with Crippen LogP contribution in [-0.2, 0) is 11.2 Å². The van der Waals surface area contributed by atoms with E-state index in [4.69, 9.17) is 17.0 Å². The average molecular weight is 300 g/mol. The Morgan fingerprint density at radius 3 is 2.81 bits per heavy atom. The second-order valence-corrected chi connectivity index (χ2v) is 5.19. The van der Waals surface area contributed by atoms with Gasteiger partial charge in [0, 0.05) is 24.0 Å². The van der Waals surface area contributed by atoms with Gasteiger partial charge in [-0.3, -0.25) is 0 Å². The third-order valence-corrected chi connectivity index (χ3v) is 3.50. The fraction of sp³-hybridized carbons (Fsp3) is 0.417. The van der Waals surface area contributed by atoms with Crippen molar-refractivity contribution in [1.82, 2.24) is 4.90 Å². The normalized spacial score (nSPS) is 16.2. The van der Waals surface area contributed by atoms with Gasteiger partial charge in [0.15, 0.2) is 0 Å². The Kier molecular flexibility index (Phi) is 4.32. The SMILES string of the molecule is S=C(Cc1cccc(Br)c1)N1CCOCC1. The van der Waals surface area contributed by atoms with Crippen molar-refractivity contribution in [3.05, 3.63) is 34.3 Å². The number of nitrogens with zero attached hydrogens (tertiary/aromatic N) is 1. The molecule has 1 aliphatic heterocycles. The molecule has 0 saturated carbocycles. The summed E-state index contributed by atoms with van der Waals surface area (Å²) in [5.41, 5.74) is 1.26. The highest BCUT2D eigenvalue weighted by atomic mass is 79.9. The van der Waals surface area contributed by atoms with E-state index in [0.29, 0.717) is 0 Å². The van der Waals surface area contributed by atoms with Crippen molar-refractivity contribution in [1.29, 1.82) is 0 Å². The molecular formula is C12H14BrNOS. The van der Waals surface area contributed by atoms with E-state index in [0.717, 1.165) is 42.2 Å². The van der Waals surface area contributed by atoms with Crippen molar-refractivity contribution in [2.45, 2.75) is 6.42 Å². The van der Waals surface area contributed by atoms with Gasteiger partial charge in [-0.05, 0) is 17.7 Å². The van der Waals surface area contributed by atoms with E-state index in [1.165, 1.54) is 5.56 Å². The van der Waals surface area contributed by atoms with E-state index in [1.807, 2.05) is 12.1 Å². The lowest BCUT2D eigenvalue weighted by Crippen LogP contribution is -2.40. The molecule has 0 unspecified atom stereocenters. The number of thiocarbonyl (C=S) groups is 1. The summed E-state index contributed by atoms with van der Waals surface area (Å²) < 4.78 is 6.42. The van der Waals surface area contributed by atoms with Crippen LogP contribution in [0.1, 0.15) is 5.56 Å². The zero-order chi connectivity index (χ0) is 11.4. The third kappa shape index (κ3) is 3.27. The van der Waals surface area contributed by atoms with Gasteiger partial charge in [0.2, 0.25) is 0 Å². The molecule has 2 rings (SSSR count). The van der Waals surface area contributed by atoms with Crippen LogP contribution in [0.5, 0.6) is 0 Å². The maximum absolute atomic E-state index is 5.45. The lowest BCUT2D eigenvalue weighted by molar-refractivity contribution is 0.0684.